The fourth-order valence-electron chi connectivity index (χ4n) is 1.38. The van der Waals surface area contributed by atoms with Crippen LogP contribution in [-0.2, 0) is 6.54 Å². The zero-order valence-electron chi connectivity index (χ0n) is 9.74. The first-order valence-electron chi connectivity index (χ1n) is 5.54. The Morgan fingerprint density at radius 3 is 2.94 bits per heavy atom. The second-order valence-corrected chi connectivity index (χ2v) is 5.22. The summed E-state index contributed by atoms with van der Waals surface area (Å²) >= 11 is 2.02. The van der Waals surface area contributed by atoms with Gasteiger partial charge >= 0.3 is 0 Å². The van der Waals surface area contributed by atoms with E-state index in [-0.39, 0.29) is 5.56 Å². The van der Waals surface area contributed by atoms with Gasteiger partial charge in [0, 0.05) is 18.8 Å². The molecule has 0 fully saturated rings. The maximum Gasteiger partial charge on any atom is 0.266 e. The second kappa shape index (κ2) is 7.01. The Morgan fingerprint density at radius 2 is 2.25 bits per heavy atom. The van der Waals surface area contributed by atoms with E-state index >= 15 is 0 Å². The van der Waals surface area contributed by atoms with E-state index in [1.807, 2.05) is 22.6 Å². The van der Waals surface area contributed by atoms with Crippen molar-refractivity contribution in [3.8, 4) is 0 Å². The zero-order valence-corrected chi connectivity index (χ0v) is 11.9. The summed E-state index contributed by atoms with van der Waals surface area (Å²) in [4.78, 5) is 15.7. The molecule has 0 amide bonds. The topological polar surface area (TPSA) is 46.9 Å². The molecular weight excluding hydrogens is 317 g/mol. The van der Waals surface area contributed by atoms with E-state index in [0.29, 0.717) is 9.61 Å². The van der Waals surface area contributed by atoms with E-state index < -0.39 is 0 Å². The molecular formula is C11H18IN3O. The molecule has 0 aliphatic carbocycles. The number of aryl methyl sites for hydroxylation is 1. The predicted molar refractivity (Wildman–Crippen MR) is 73.6 cm³/mol. The minimum atomic E-state index is 0.0624. The summed E-state index contributed by atoms with van der Waals surface area (Å²) in [5, 5.41) is 3.35. The van der Waals surface area contributed by atoms with Crippen LogP contribution >= 0.6 is 22.6 Å². The molecule has 0 aliphatic heterocycles. The number of nitrogens with zero attached hydrogens (tertiary/aromatic N) is 2. The first kappa shape index (κ1) is 13.6. The highest BCUT2D eigenvalue weighted by Crippen LogP contribution is 1.96. The average molecular weight is 335 g/mol. The van der Waals surface area contributed by atoms with E-state index in [1.54, 1.807) is 17.1 Å². The summed E-state index contributed by atoms with van der Waals surface area (Å²) in [6.45, 7) is 6.02. The monoisotopic (exact) mass is 335 g/mol. The Morgan fingerprint density at radius 1 is 1.50 bits per heavy atom. The molecule has 1 N–H and O–H groups in total. The van der Waals surface area contributed by atoms with E-state index in [0.717, 1.165) is 25.9 Å². The van der Waals surface area contributed by atoms with Crippen molar-refractivity contribution in [2.75, 3.05) is 6.54 Å². The van der Waals surface area contributed by atoms with Crippen molar-refractivity contribution in [3.05, 3.63) is 26.4 Å². The van der Waals surface area contributed by atoms with Crippen molar-refractivity contribution in [3.63, 3.8) is 0 Å². The molecule has 0 atom stereocenters. The normalized spacial score (nSPS) is 11.0. The van der Waals surface area contributed by atoms with E-state index in [2.05, 4.69) is 24.1 Å². The van der Waals surface area contributed by atoms with Gasteiger partial charge < -0.3 is 5.32 Å². The van der Waals surface area contributed by atoms with Gasteiger partial charge in [-0.3, -0.25) is 9.36 Å². The van der Waals surface area contributed by atoms with Gasteiger partial charge in [0.1, 0.15) is 0 Å². The Kier molecular flexibility index (Phi) is 5.97. The maximum absolute atomic E-state index is 11.6. The van der Waals surface area contributed by atoms with Crippen LogP contribution in [0.1, 0.15) is 26.7 Å². The van der Waals surface area contributed by atoms with Gasteiger partial charge in [-0.05, 0) is 42.0 Å². The van der Waals surface area contributed by atoms with Crippen LogP contribution in [0.15, 0.2) is 17.3 Å². The molecule has 1 aromatic heterocycles. The number of nitrogens with one attached hydrogen (secondary N) is 1. The summed E-state index contributed by atoms with van der Waals surface area (Å²) in [5.74, 6) is 0. The Hall–Kier alpha value is -0.430. The second-order valence-electron chi connectivity index (χ2n) is 4.06. The van der Waals surface area contributed by atoms with Crippen molar-refractivity contribution in [1.82, 2.24) is 14.9 Å². The van der Waals surface area contributed by atoms with E-state index in [9.17, 15) is 4.79 Å². The van der Waals surface area contributed by atoms with Crippen LogP contribution in [0.4, 0.5) is 0 Å². The third-order valence-corrected chi connectivity index (χ3v) is 2.98. The van der Waals surface area contributed by atoms with Crippen LogP contribution in [0.3, 0.4) is 0 Å². The molecule has 1 rings (SSSR count). The quantitative estimate of drug-likeness (QED) is 0.635. The lowest BCUT2D eigenvalue weighted by Gasteiger charge is -2.08. The van der Waals surface area contributed by atoms with Crippen molar-refractivity contribution < 1.29 is 0 Å². The van der Waals surface area contributed by atoms with Gasteiger partial charge in [0.05, 0.1) is 9.90 Å². The number of unbranched alkanes of at least 4 members (excludes halogenated alkanes) is 1. The van der Waals surface area contributed by atoms with Crippen LogP contribution in [0, 0.1) is 3.57 Å². The number of hydrogen-bond donors (Lipinski definition) is 1. The lowest BCUT2D eigenvalue weighted by atomic mass is 10.3. The molecule has 0 bridgehead atoms. The Labute approximate surface area is 110 Å². The van der Waals surface area contributed by atoms with Crippen molar-refractivity contribution in [2.45, 2.75) is 39.3 Å². The van der Waals surface area contributed by atoms with Crippen LogP contribution in [0.2, 0.25) is 0 Å². The van der Waals surface area contributed by atoms with Gasteiger partial charge in [-0.1, -0.05) is 13.8 Å². The van der Waals surface area contributed by atoms with E-state index in [4.69, 9.17) is 0 Å². The van der Waals surface area contributed by atoms with Gasteiger partial charge in [0.15, 0.2) is 0 Å². The molecule has 0 aliphatic rings. The fraction of sp³-hybridized carbons (Fsp3) is 0.636. The molecule has 1 heterocycles. The summed E-state index contributed by atoms with van der Waals surface area (Å²) < 4.78 is 2.36. The highest BCUT2D eigenvalue weighted by atomic mass is 127. The minimum absolute atomic E-state index is 0.0624. The van der Waals surface area contributed by atoms with Crippen LogP contribution in [-0.4, -0.2) is 22.1 Å². The smallest absolute Gasteiger partial charge is 0.266 e. The Balaban J connectivity index is 2.32. The molecule has 1 aromatic rings. The molecule has 0 unspecified atom stereocenters. The van der Waals surface area contributed by atoms with Crippen LogP contribution in [0.25, 0.3) is 0 Å². The summed E-state index contributed by atoms with van der Waals surface area (Å²) in [6.07, 6.45) is 5.29. The van der Waals surface area contributed by atoms with E-state index in [1.165, 1.54) is 0 Å². The highest BCUT2D eigenvalue weighted by molar-refractivity contribution is 14.1. The van der Waals surface area contributed by atoms with Crippen molar-refractivity contribution in [1.29, 1.82) is 0 Å². The first-order valence-corrected chi connectivity index (χ1v) is 6.62. The highest BCUT2D eigenvalue weighted by Gasteiger charge is 2.00. The standard InChI is InChI=1S/C11H18IN3O/c1-9(2)14-5-3-4-6-15-8-13-7-10(12)11(15)16/h7-9,14H,3-6H2,1-2H3. The minimum Gasteiger partial charge on any atom is -0.315 e. The van der Waals surface area contributed by atoms with Gasteiger partial charge in [0.25, 0.3) is 5.56 Å². The summed E-state index contributed by atoms with van der Waals surface area (Å²) in [7, 11) is 0. The Bertz CT molecular complexity index is 376. The molecule has 0 radical (unpaired) electrons. The average Bonchev–Trinajstić information content (AvgIpc) is 2.23. The maximum atomic E-state index is 11.6. The molecule has 90 valence electrons. The molecule has 4 nitrogen and oxygen atoms in total. The van der Waals surface area contributed by atoms with Gasteiger partial charge in [-0.15, -0.1) is 0 Å². The molecule has 0 saturated heterocycles. The van der Waals surface area contributed by atoms with Crippen LogP contribution < -0.4 is 10.9 Å². The van der Waals surface area contributed by atoms with Crippen molar-refractivity contribution in [2.24, 2.45) is 0 Å². The molecule has 0 spiro atoms. The SMILES string of the molecule is CC(C)NCCCCn1cncc(I)c1=O. The number of hydrogen-bond acceptors (Lipinski definition) is 3. The van der Waals surface area contributed by atoms with Crippen LogP contribution in [0.5, 0.6) is 0 Å². The molecule has 0 saturated carbocycles. The van der Waals surface area contributed by atoms with Gasteiger partial charge in [-0.2, -0.15) is 0 Å². The first-order chi connectivity index (χ1) is 7.61. The molecule has 5 heteroatoms. The number of halogens is 1. The largest absolute Gasteiger partial charge is 0.315 e. The molecule has 16 heavy (non-hydrogen) atoms. The summed E-state index contributed by atoms with van der Waals surface area (Å²) in [6, 6.07) is 0.530. The predicted octanol–water partition coefficient (Wildman–Crippen LogP) is 1.63. The third-order valence-electron chi connectivity index (χ3n) is 2.24. The molecule has 0 aromatic carbocycles. The zero-order chi connectivity index (χ0) is 12.0. The fourth-order valence-corrected chi connectivity index (χ4v) is 1.85. The lowest BCUT2D eigenvalue weighted by Crippen LogP contribution is -2.25. The van der Waals surface area contributed by atoms with Gasteiger partial charge in [0.2, 0.25) is 0 Å². The number of aromatic nitrogens is 2. The lowest BCUT2D eigenvalue weighted by molar-refractivity contribution is 0.523. The van der Waals surface area contributed by atoms with Gasteiger partial charge in [-0.25, -0.2) is 4.98 Å². The van der Waals surface area contributed by atoms with Crippen molar-refractivity contribution >= 4 is 22.6 Å². The number of rotatable bonds is 6. The summed E-state index contributed by atoms with van der Waals surface area (Å²) in [5.41, 5.74) is 0.0624. The third kappa shape index (κ3) is 4.61.